The molecule has 0 amide bonds. The average Bonchev–Trinajstić information content (AvgIpc) is 2.62. The van der Waals surface area contributed by atoms with E-state index in [1.165, 1.54) is 11.8 Å². The maximum Gasteiger partial charge on any atom is 0.128 e. The third kappa shape index (κ3) is 2.52. The van der Waals surface area contributed by atoms with E-state index in [1.807, 2.05) is 20.0 Å². The van der Waals surface area contributed by atoms with Gasteiger partial charge in [-0.3, -0.25) is 0 Å². The first-order valence-electron chi connectivity index (χ1n) is 6.03. The second kappa shape index (κ2) is 5.72. The van der Waals surface area contributed by atoms with Crippen LogP contribution in [-0.2, 0) is 13.5 Å². The monoisotopic (exact) mass is 270 g/mol. The van der Waals surface area contributed by atoms with Gasteiger partial charge in [0, 0.05) is 36.2 Å². The molecule has 18 heavy (non-hydrogen) atoms. The first kappa shape index (κ1) is 15.0. The molecule has 0 radical (unpaired) electrons. The summed E-state index contributed by atoms with van der Waals surface area (Å²) in [5.74, 6) is -0.148. The van der Waals surface area contributed by atoms with Gasteiger partial charge in [0.25, 0.3) is 0 Å². The Morgan fingerprint density at radius 3 is 2.67 bits per heavy atom. The van der Waals surface area contributed by atoms with Gasteiger partial charge in [0.1, 0.15) is 5.82 Å². The van der Waals surface area contributed by atoms with Crippen LogP contribution in [0, 0.1) is 12.7 Å². The van der Waals surface area contributed by atoms with Gasteiger partial charge in [-0.1, -0.05) is 6.92 Å². The summed E-state index contributed by atoms with van der Waals surface area (Å²) >= 11 is 0. The van der Waals surface area contributed by atoms with E-state index in [-0.39, 0.29) is 24.3 Å². The minimum absolute atomic E-state index is 0. The summed E-state index contributed by atoms with van der Waals surface area (Å²) in [5.41, 5.74) is 8.83. The van der Waals surface area contributed by atoms with E-state index < -0.39 is 0 Å². The van der Waals surface area contributed by atoms with Gasteiger partial charge in [0.05, 0.1) is 5.52 Å². The standard InChI is InChI=1S/C14H19FN2.ClH/c1-4-11(16)8-12-7-10-5-6-13(15)9(2)14(10)17(12)3;/h5-7,11H,4,8,16H2,1-3H3;1H. The number of rotatable bonds is 3. The predicted molar refractivity (Wildman–Crippen MR) is 76.8 cm³/mol. The van der Waals surface area contributed by atoms with Crippen LogP contribution in [0.2, 0.25) is 0 Å². The minimum atomic E-state index is -0.148. The van der Waals surface area contributed by atoms with E-state index in [0.29, 0.717) is 5.56 Å². The highest BCUT2D eigenvalue weighted by Crippen LogP contribution is 2.24. The van der Waals surface area contributed by atoms with E-state index in [0.717, 1.165) is 23.7 Å². The van der Waals surface area contributed by atoms with Gasteiger partial charge < -0.3 is 10.3 Å². The van der Waals surface area contributed by atoms with Crippen molar-refractivity contribution < 1.29 is 4.39 Å². The molecule has 0 saturated carbocycles. The Labute approximate surface area is 113 Å². The van der Waals surface area contributed by atoms with Crippen LogP contribution < -0.4 is 5.73 Å². The first-order chi connectivity index (χ1) is 8.04. The second-order valence-corrected chi connectivity index (χ2v) is 4.68. The molecule has 0 aliphatic carbocycles. The summed E-state index contributed by atoms with van der Waals surface area (Å²) in [7, 11) is 1.98. The van der Waals surface area contributed by atoms with Crippen molar-refractivity contribution in [3.8, 4) is 0 Å². The van der Waals surface area contributed by atoms with Crippen molar-refractivity contribution in [1.29, 1.82) is 0 Å². The smallest absolute Gasteiger partial charge is 0.128 e. The van der Waals surface area contributed by atoms with Gasteiger partial charge in [-0.2, -0.15) is 0 Å². The first-order valence-corrected chi connectivity index (χ1v) is 6.03. The molecule has 2 aromatic rings. The third-order valence-corrected chi connectivity index (χ3v) is 3.48. The molecule has 1 atom stereocenters. The van der Waals surface area contributed by atoms with Crippen molar-refractivity contribution in [2.75, 3.05) is 0 Å². The van der Waals surface area contributed by atoms with Gasteiger partial charge >= 0.3 is 0 Å². The molecule has 0 spiro atoms. The molecule has 1 heterocycles. The Kier molecular flexibility index (Phi) is 4.77. The number of hydrogen-bond acceptors (Lipinski definition) is 1. The number of fused-ring (bicyclic) bond motifs is 1. The highest BCUT2D eigenvalue weighted by Gasteiger charge is 2.12. The molecule has 0 aliphatic rings. The molecular formula is C14H20ClFN2. The quantitative estimate of drug-likeness (QED) is 0.911. The Balaban J connectivity index is 0.00000162. The second-order valence-electron chi connectivity index (χ2n) is 4.68. The lowest BCUT2D eigenvalue weighted by molar-refractivity contribution is 0.615. The minimum Gasteiger partial charge on any atom is -0.347 e. The van der Waals surface area contributed by atoms with Crippen LogP contribution in [0.15, 0.2) is 18.2 Å². The number of benzene rings is 1. The maximum absolute atomic E-state index is 13.5. The van der Waals surface area contributed by atoms with Crippen molar-refractivity contribution in [2.45, 2.75) is 32.7 Å². The Hall–Kier alpha value is -1.06. The molecular weight excluding hydrogens is 251 g/mol. The molecule has 100 valence electrons. The highest BCUT2D eigenvalue weighted by atomic mass is 35.5. The van der Waals surface area contributed by atoms with Gasteiger partial charge in [-0.25, -0.2) is 4.39 Å². The van der Waals surface area contributed by atoms with Crippen molar-refractivity contribution in [3.63, 3.8) is 0 Å². The van der Waals surface area contributed by atoms with E-state index in [9.17, 15) is 4.39 Å². The van der Waals surface area contributed by atoms with Crippen LogP contribution in [0.4, 0.5) is 4.39 Å². The fraction of sp³-hybridized carbons (Fsp3) is 0.429. The van der Waals surface area contributed by atoms with Crippen molar-refractivity contribution in [3.05, 3.63) is 35.3 Å². The molecule has 2 nitrogen and oxygen atoms in total. The van der Waals surface area contributed by atoms with Crippen molar-refractivity contribution >= 4 is 23.3 Å². The van der Waals surface area contributed by atoms with E-state index >= 15 is 0 Å². The lowest BCUT2D eigenvalue weighted by Gasteiger charge is -2.10. The lowest BCUT2D eigenvalue weighted by Crippen LogP contribution is -2.22. The zero-order chi connectivity index (χ0) is 12.6. The molecule has 0 aliphatic heterocycles. The van der Waals surface area contributed by atoms with Crippen molar-refractivity contribution in [2.24, 2.45) is 12.8 Å². The number of halogens is 2. The molecule has 0 saturated heterocycles. The number of nitrogens with zero attached hydrogens (tertiary/aromatic N) is 1. The topological polar surface area (TPSA) is 30.9 Å². The lowest BCUT2D eigenvalue weighted by atomic mass is 10.1. The molecule has 4 heteroatoms. The summed E-state index contributed by atoms with van der Waals surface area (Å²) in [6.45, 7) is 3.90. The zero-order valence-electron chi connectivity index (χ0n) is 11.0. The average molecular weight is 271 g/mol. The Morgan fingerprint density at radius 2 is 2.06 bits per heavy atom. The van der Waals surface area contributed by atoms with Crippen LogP contribution in [0.3, 0.4) is 0 Å². The predicted octanol–water partition coefficient (Wildman–Crippen LogP) is 3.33. The summed E-state index contributed by atoms with van der Waals surface area (Å²) in [6, 6.07) is 5.64. The molecule has 0 bridgehead atoms. The largest absolute Gasteiger partial charge is 0.347 e. The van der Waals surface area contributed by atoms with Gasteiger partial charge in [-0.05, 0) is 31.5 Å². The van der Waals surface area contributed by atoms with Gasteiger partial charge in [0.15, 0.2) is 0 Å². The van der Waals surface area contributed by atoms with Crippen molar-refractivity contribution in [1.82, 2.24) is 4.57 Å². The van der Waals surface area contributed by atoms with Crippen LogP contribution in [0.25, 0.3) is 10.9 Å². The molecule has 1 unspecified atom stereocenters. The van der Waals surface area contributed by atoms with E-state index in [4.69, 9.17) is 5.73 Å². The van der Waals surface area contributed by atoms with E-state index in [2.05, 4.69) is 17.6 Å². The van der Waals surface area contributed by atoms with E-state index in [1.54, 1.807) is 0 Å². The van der Waals surface area contributed by atoms with Gasteiger partial charge in [-0.15, -0.1) is 12.4 Å². The van der Waals surface area contributed by atoms with Gasteiger partial charge in [0.2, 0.25) is 0 Å². The molecule has 1 aromatic carbocycles. The van der Waals surface area contributed by atoms with Crippen LogP contribution in [-0.4, -0.2) is 10.6 Å². The summed E-state index contributed by atoms with van der Waals surface area (Å²) < 4.78 is 15.6. The summed E-state index contributed by atoms with van der Waals surface area (Å²) in [6.07, 6.45) is 1.79. The molecule has 2 rings (SSSR count). The fourth-order valence-electron chi connectivity index (χ4n) is 2.29. The fourth-order valence-corrected chi connectivity index (χ4v) is 2.29. The zero-order valence-corrected chi connectivity index (χ0v) is 11.9. The number of aryl methyl sites for hydroxylation is 2. The SMILES string of the molecule is CCC(N)Cc1cc2ccc(F)c(C)c2n1C.Cl. The molecule has 0 fully saturated rings. The number of hydrogen-bond donors (Lipinski definition) is 1. The normalized spacial score (nSPS) is 12.5. The highest BCUT2D eigenvalue weighted by molar-refractivity contribution is 5.85. The Bertz CT molecular complexity index is 548. The molecule has 1 aromatic heterocycles. The van der Waals surface area contributed by atoms with Crippen LogP contribution >= 0.6 is 12.4 Å². The van der Waals surface area contributed by atoms with Crippen LogP contribution in [0.5, 0.6) is 0 Å². The number of aromatic nitrogens is 1. The van der Waals surface area contributed by atoms with Crippen LogP contribution in [0.1, 0.15) is 24.6 Å². The summed E-state index contributed by atoms with van der Waals surface area (Å²) in [5, 5.41) is 1.09. The maximum atomic E-state index is 13.5. The summed E-state index contributed by atoms with van der Waals surface area (Å²) in [4.78, 5) is 0. The Morgan fingerprint density at radius 1 is 1.39 bits per heavy atom. The molecule has 2 N–H and O–H groups in total. The third-order valence-electron chi connectivity index (χ3n) is 3.48. The number of nitrogens with two attached hydrogens (primary N) is 1.